The van der Waals surface area contributed by atoms with Crippen molar-refractivity contribution < 1.29 is 13.2 Å². The lowest BCUT2D eigenvalue weighted by atomic mass is 9.94. The zero-order valence-corrected chi connectivity index (χ0v) is 15.5. The van der Waals surface area contributed by atoms with Gasteiger partial charge in [-0.15, -0.1) is 0 Å². The highest BCUT2D eigenvalue weighted by molar-refractivity contribution is 7.90. The highest BCUT2D eigenvalue weighted by atomic mass is 32.2. The highest BCUT2D eigenvalue weighted by Crippen LogP contribution is 2.24. The van der Waals surface area contributed by atoms with E-state index in [9.17, 15) is 13.2 Å². The first-order valence-corrected chi connectivity index (χ1v) is 9.95. The van der Waals surface area contributed by atoms with Gasteiger partial charge in [-0.2, -0.15) is 4.99 Å². The number of hydrogen-bond donors (Lipinski definition) is 2. The van der Waals surface area contributed by atoms with Crippen LogP contribution >= 0.6 is 0 Å². The molecule has 26 heavy (non-hydrogen) atoms. The van der Waals surface area contributed by atoms with Crippen LogP contribution in [0.1, 0.15) is 25.3 Å². The fraction of sp³-hybridized carbons (Fsp3) is 0.263. The summed E-state index contributed by atoms with van der Waals surface area (Å²) in [5, 5.41) is 2.05. The topological polar surface area (TPSA) is 87.6 Å². The number of amides is 2. The lowest BCUT2D eigenvalue weighted by Crippen LogP contribution is -2.46. The van der Waals surface area contributed by atoms with Gasteiger partial charge in [-0.1, -0.05) is 54.6 Å². The van der Waals surface area contributed by atoms with Crippen LogP contribution in [0, 0.1) is 0 Å². The van der Waals surface area contributed by atoms with Crippen LogP contribution in [0.4, 0.5) is 4.79 Å². The number of sulfonamides is 1. The van der Waals surface area contributed by atoms with Crippen LogP contribution in [0.15, 0.2) is 59.6 Å². The Labute approximate surface area is 153 Å². The Kier molecular flexibility index (Phi) is 5.08. The van der Waals surface area contributed by atoms with E-state index in [0.717, 1.165) is 16.7 Å². The molecule has 1 atom stereocenters. The maximum Gasteiger partial charge on any atom is 0.342 e. The first-order chi connectivity index (χ1) is 12.4. The Morgan fingerprint density at radius 1 is 1.04 bits per heavy atom. The molecule has 1 unspecified atom stereocenters. The molecule has 0 aromatic heterocycles. The molecular formula is C19H21N3O3S. The van der Waals surface area contributed by atoms with Crippen LogP contribution in [0.5, 0.6) is 0 Å². The smallest absolute Gasteiger partial charge is 0.335 e. The van der Waals surface area contributed by atoms with Crippen molar-refractivity contribution in [2.24, 2.45) is 4.99 Å². The van der Waals surface area contributed by atoms with Gasteiger partial charge in [-0.3, -0.25) is 4.72 Å². The van der Waals surface area contributed by atoms with Crippen molar-refractivity contribution >= 4 is 21.9 Å². The molecule has 1 aliphatic rings. The number of nitrogens with zero attached hydrogens (tertiary/aromatic N) is 1. The van der Waals surface area contributed by atoms with E-state index in [2.05, 4.69) is 15.0 Å². The molecule has 0 saturated heterocycles. The molecule has 3 rings (SSSR count). The third kappa shape index (κ3) is 3.94. The number of amidine groups is 1. The zero-order valence-electron chi connectivity index (χ0n) is 14.6. The standard InChI is InChI=1S/C19H21N3O3S/c1-13(2)26(24,25)22-18-17(12-20-19(23)21-18)16-10-8-15(9-11-16)14-6-4-3-5-7-14/h3-11,13,17H,12H2,1-2H3,(H2,20,21,22,23). The summed E-state index contributed by atoms with van der Waals surface area (Å²) in [5.41, 5.74) is 3.05. The second-order valence-electron chi connectivity index (χ2n) is 6.42. The molecule has 7 heteroatoms. The van der Waals surface area contributed by atoms with Crippen molar-refractivity contribution in [1.29, 1.82) is 0 Å². The summed E-state index contributed by atoms with van der Waals surface area (Å²) in [4.78, 5) is 15.5. The molecule has 0 spiro atoms. The Bertz CT molecular complexity index is 920. The van der Waals surface area contributed by atoms with Gasteiger partial charge in [0.15, 0.2) is 0 Å². The predicted molar refractivity (Wildman–Crippen MR) is 103 cm³/mol. The fourth-order valence-electron chi connectivity index (χ4n) is 2.68. The minimum atomic E-state index is -3.57. The lowest BCUT2D eigenvalue weighted by molar-refractivity contribution is 0.248. The van der Waals surface area contributed by atoms with E-state index in [1.54, 1.807) is 13.8 Å². The maximum absolute atomic E-state index is 12.2. The van der Waals surface area contributed by atoms with E-state index in [1.807, 2.05) is 54.6 Å². The summed E-state index contributed by atoms with van der Waals surface area (Å²) in [7, 11) is -3.57. The first kappa shape index (κ1) is 18.1. The normalized spacial score (nSPS) is 17.6. The van der Waals surface area contributed by atoms with Crippen LogP contribution in [0.3, 0.4) is 0 Å². The number of benzene rings is 2. The van der Waals surface area contributed by atoms with Gasteiger partial charge in [0.05, 0.1) is 11.2 Å². The second-order valence-corrected chi connectivity index (χ2v) is 8.66. The molecule has 6 nitrogen and oxygen atoms in total. The monoisotopic (exact) mass is 371 g/mol. The van der Waals surface area contributed by atoms with Gasteiger partial charge in [0, 0.05) is 6.54 Å². The predicted octanol–water partition coefficient (Wildman–Crippen LogP) is 2.89. The highest BCUT2D eigenvalue weighted by Gasteiger charge is 2.29. The molecule has 0 fully saturated rings. The van der Waals surface area contributed by atoms with Crippen LogP contribution in [-0.4, -0.2) is 32.1 Å². The van der Waals surface area contributed by atoms with E-state index >= 15 is 0 Å². The van der Waals surface area contributed by atoms with E-state index in [1.165, 1.54) is 0 Å². The summed E-state index contributed by atoms with van der Waals surface area (Å²) >= 11 is 0. The molecule has 2 N–H and O–H groups in total. The van der Waals surface area contributed by atoms with Crippen LogP contribution in [-0.2, 0) is 10.0 Å². The molecular weight excluding hydrogens is 350 g/mol. The minimum Gasteiger partial charge on any atom is -0.335 e. The summed E-state index contributed by atoms with van der Waals surface area (Å²) in [6.45, 7) is 3.45. The van der Waals surface area contributed by atoms with Crippen molar-refractivity contribution in [3.05, 3.63) is 60.2 Å². The summed E-state index contributed by atoms with van der Waals surface area (Å²) < 4.78 is 26.9. The van der Waals surface area contributed by atoms with Gasteiger partial charge in [-0.05, 0) is 30.5 Å². The van der Waals surface area contributed by atoms with Crippen molar-refractivity contribution in [3.8, 4) is 11.1 Å². The molecule has 0 radical (unpaired) electrons. The fourth-order valence-corrected chi connectivity index (χ4v) is 3.40. The molecule has 136 valence electrons. The van der Waals surface area contributed by atoms with Crippen molar-refractivity contribution in [2.75, 3.05) is 6.54 Å². The molecule has 2 aromatic carbocycles. The first-order valence-electron chi connectivity index (χ1n) is 8.40. The van der Waals surface area contributed by atoms with Crippen molar-refractivity contribution in [1.82, 2.24) is 10.0 Å². The lowest BCUT2D eigenvalue weighted by Gasteiger charge is -2.25. The van der Waals surface area contributed by atoms with Gasteiger partial charge < -0.3 is 5.32 Å². The largest absolute Gasteiger partial charge is 0.342 e. The molecule has 2 aromatic rings. The summed E-state index contributed by atoms with van der Waals surface area (Å²) in [5.74, 6) is -0.180. The van der Waals surface area contributed by atoms with Crippen LogP contribution < -0.4 is 10.0 Å². The quantitative estimate of drug-likeness (QED) is 0.866. The van der Waals surface area contributed by atoms with Crippen LogP contribution in [0.2, 0.25) is 0 Å². The SMILES string of the molecule is CC(C)S(=O)(=O)NC1=NC(=O)NCC1c1ccc(-c2ccccc2)cc1. The summed E-state index contributed by atoms with van der Waals surface area (Å²) in [6.07, 6.45) is 0. The van der Waals surface area contributed by atoms with Gasteiger partial charge in [0.1, 0.15) is 5.84 Å². The molecule has 2 amide bonds. The van der Waals surface area contributed by atoms with Gasteiger partial charge in [0.2, 0.25) is 10.0 Å². The number of urea groups is 1. The van der Waals surface area contributed by atoms with Crippen molar-refractivity contribution in [2.45, 2.75) is 25.0 Å². The third-order valence-corrected chi connectivity index (χ3v) is 6.03. The van der Waals surface area contributed by atoms with Gasteiger partial charge in [-0.25, -0.2) is 13.2 Å². The molecule has 0 aliphatic carbocycles. The number of nitrogens with one attached hydrogen (secondary N) is 2. The van der Waals surface area contributed by atoms with E-state index in [-0.39, 0.29) is 11.8 Å². The maximum atomic E-state index is 12.2. The van der Waals surface area contributed by atoms with Crippen molar-refractivity contribution in [3.63, 3.8) is 0 Å². The second kappa shape index (κ2) is 7.29. The molecule has 1 heterocycles. The van der Waals surface area contributed by atoms with E-state index in [4.69, 9.17) is 0 Å². The number of hydrogen-bond acceptors (Lipinski definition) is 3. The van der Waals surface area contributed by atoms with Gasteiger partial charge in [0.25, 0.3) is 0 Å². The van der Waals surface area contributed by atoms with E-state index < -0.39 is 21.3 Å². The Morgan fingerprint density at radius 3 is 2.27 bits per heavy atom. The third-order valence-electron chi connectivity index (χ3n) is 4.30. The van der Waals surface area contributed by atoms with E-state index in [0.29, 0.717) is 6.54 Å². The average Bonchev–Trinajstić information content (AvgIpc) is 2.62. The number of rotatable bonds is 4. The molecule has 0 bridgehead atoms. The van der Waals surface area contributed by atoms with Crippen LogP contribution in [0.25, 0.3) is 11.1 Å². The molecule has 0 saturated carbocycles. The van der Waals surface area contributed by atoms with Gasteiger partial charge >= 0.3 is 6.03 Å². The number of carbonyl (C=O) groups excluding carboxylic acids is 1. The Balaban J connectivity index is 1.89. The number of carbonyl (C=O) groups is 1. The zero-order chi connectivity index (χ0) is 18.7. The Hall–Kier alpha value is -2.67. The Morgan fingerprint density at radius 2 is 1.65 bits per heavy atom. The minimum absolute atomic E-state index is 0.162. The summed E-state index contributed by atoms with van der Waals surface area (Å²) in [6, 6.07) is 17.3. The number of aliphatic imine (C=N–C) groups is 1. The molecule has 1 aliphatic heterocycles. The average molecular weight is 371 g/mol.